The molecule has 4 nitrogen and oxygen atoms in total. The summed E-state index contributed by atoms with van der Waals surface area (Å²) in [5.74, 6) is -0.0699. The van der Waals surface area contributed by atoms with Gasteiger partial charge >= 0.3 is 0 Å². The Morgan fingerprint density at radius 2 is 1.69 bits per heavy atom. The molecular weight excluding hydrogens is 420 g/mol. The van der Waals surface area contributed by atoms with Crippen molar-refractivity contribution in [3.05, 3.63) is 106 Å². The third-order valence-electron chi connectivity index (χ3n) is 6.14. The lowest BCUT2D eigenvalue weighted by molar-refractivity contribution is -0.116. The first-order chi connectivity index (χ1) is 15.5. The molecule has 0 radical (unpaired) electrons. The number of anilines is 2. The number of hydrogen-bond donors (Lipinski definition) is 1. The average Bonchev–Trinajstić information content (AvgIpc) is 2.95. The number of rotatable bonds is 2. The molecule has 3 aromatic rings. The number of nitrogens with one attached hydrogen (secondary N) is 1. The van der Waals surface area contributed by atoms with Crippen molar-refractivity contribution in [2.45, 2.75) is 32.2 Å². The van der Waals surface area contributed by atoms with E-state index in [2.05, 4.69) is 5.32 Å². The Balaban J connectivity index is 1.77. The second-order valence-corrected chi connectivity index (χ2v) is 8.74. The number of aryl methyl sites for hydroxylation is 1. The SMILES string of the molecule is Cc1ccc(C(=O)N2c3ccccc3NC3=C(C(=O)CCC3)[C@@H]2c2ccc(Cl)cc2)cc1. The Hall–Kier alpha value is -3.37. The van der Waals surface area contributed by atoms with Crippen LogP contribution in [0.4, 0.5) is 11.4 Å². The number of halogens is 1. The number of Topliss-reactive ketones (excluding diaryl/α,β-unsaturated/α-hetero) is 1. The van der Waals surface area contributed by atoms with Gasteiger partial charge in [0.05, 0.1) is 17.4 Å². The maximum atomic E-state index is 14.0. The zero-order chi connectivity index (χ0) is 22.2. The molecule has 32 heavy (non-hydrogen) atoms. The number of amides is 1. The van der Waals surface area contributed by atoms with Crippen molar-refractivity contribution >= 4 is 34.7 Å². The van der Waals surface area contributed by atoms with Crippen LogP contribution in [-0.2, 0) is 4.79 Å². The normalized spacial score (nSPS) is 17.9. The summed E-state index contributed by atoms with van der Waals surface area (Å²) in [6, 6.07) is 22.2. The quantitative estimate of drug-likeness (QED) is 0.494. The van der Waals surface area contributed by atoms with E-state index < -0.39 is 6.04 Å². The molecule has 0 saturated heterocycles. The predicted octanol–water partition coefficient (Wildman–Crippen LogP) is 6.47. The number of fused-ring (bicyclic) bond motifs is 1. The Bertz CT molecular complexity index is 1230. The van der Waals surface area contributed by atoms with Crippen molar-refractivity contribution in [3.63, 3.8) is 0 Å². The van der Waals surface area contributed by atoms with Crippen LogP contribution in [-0.4, -0.2) is 11.7 Å². The summed E-state index contributed by atoms with van der Waals surface area (Å²) in [6.07, 6.45) is 2.05. The van der Waals surface area contributed by atoms with Gasteiger partial charge in [0, 0.05) is 28.3 Å². The fraction of sp³-hybridized carbons (Fsp3) is 0.185. The molecule has 0 bridgehead atoms. The molecule has 1 aliphatic carbocycles. The second kappa shape index (κ2) is 8.29. The summed E-state index contributed by atoms with van der Waals surface area (Å²) in [5.41, 5.74) is 5.66. The minimum absolute atomic E-state index is 0.0770. The van der Waals surface area contributed by atoms with Gasteiger partial charge in [0.25, 0.3) is 5.91 Å². The number of ketones is 1. The first kappa shape index (κ1) is 20.5. The Morgan fingerprint density at radius 1 is 0.969 bits per heavy atom. The Morgan fingerprint density at radius 3 is 2.44 bits per heavy atom. The highest BCUT2D eigenvalue weighted by atomic mass is 35.5. The number of para-hydroxylation sites is 2. The molecule has 0 aromatic heterocycles. The van der Waals surface area contributed by atoms with Gasteiger partial charge in [-0.2, -0.15) is 0 Å². The van der Waals surface area contributed by atoms with E-state index >= 15 is 0 Å². The van der Waals surface area contributed by atoms with E-state index in [9.17, 15) is 9.59 Å². The zero-order valence-corrected chi connectivity index (χ0v) is 18.5. The molecule has 2 aliphatic rings. The topological polar surface area (TPSA) is 49.4 Å². The average molecular weight is 443 g/mol. The number of benzene rings is 3. The molecule has 0 spiro atoms. The van der Waals surface area contributed by atoms with Crippen LogP contribution in [0.1, 0.15) is 46.8 Å². The van der Waals surface area contributed by atoms with Crippen molar-refractivity contribution in [2.24, 2.45) is 0 Å². The van der Waals surface area contributed by atoms with Crippen molar-refractivity contribution in [1.29, 1.82) is 0 Å². The summed E-state index contributed by atoms with van der Waals surface area (Å²) in [4.78, 5) is 29.0. The highest BCUT2D eigenvalue weighted by molar-refractivity contribution is 6.30. The molecule has 3 aromatic carbocycles. The van der Waals surface area contributed by atoms with Gasteiger partial charge in [0.2, 0.25) is 0 Å². The van der Waals surface area contributed by atoms with Gasteiger partial charge in [0.1, 0.15) is 0 Å². The maximum absolute atomic E-state index is 14.0. The standard InChI is InChI=1S/C27H23ClN2O2/c1-17-9-11-19(12-10-17)27(32)30-23-7-3-2-5-21(23)29-22-6-4-8-24(31)25(22)26(30)18-13-15-20(28)16-14-18/h2-3,5,7,9-16,26,29H,4,6,8H2,1H3/t26-/m0/s1. The number of hydrogen-bond acceptors (Lipinski definition) is 3. The smallest absolute Gasteiger partial charge is 0.259 e. The van der Waals surface area contributed by atoms with E-state index in [-0.39, 0.29) is 11.7 Å². The molecular formula is C27H23ClN2O2. The molecule has 0 fully saturated rings. The summed E-state index contributed by atoms with van der Waals surface area (Å²) in [7, 11) is 0. The summed E-state index contributed by atoms with van der Waals surface area (Å²) < 4.78 is 0. The highest BCUT2D eigenvalue weighted by Crippen LogP contribution is 2.45. The number of nitrogens with zero attached hydrogens (tertiary/aromatic N) is 1. The molecule has 0 saturated carbocycles. The molecule has 1 aliphatic heterocycles. The van der Waals surface area contributed by atoms with Crippen LogP contribution in [0.2, 0.25) is 5.02 Å². The number of allylic oxidation sites excluding steroid dienone is 1. The van der Waals surface area contributed by atoms with Gasteiger partial charge in [-0.1, -0.05) is 53.6 Å². The first-order valence-electron chi connectivity index (χ1n) is 10.8. The minimum Gasteiger partial charge on any atom is -0.357 e. The maximum Gasteiger partial charge on any atom is 0.259 e. The van der Waals surface area contributed by atoms with E-state index in [0.717, 1.165) is 41.0 Å². The van der Waals surface area contributed by atoms with Gasteiger partial charge in [-0.3, -0.25) is 14.5 Å². The monoisotopic (exact) mass is 442 g/mol. The van der Waals surface area contributed by atoms with E-state index in [1.807, 2.05) is 79.7 Å². The molecule has 1 N–H and O–H groups in total. The number of carbonyl (C=O) groups excluding carboxylic acids is 2. The molecule has 0 unspecified atom stereocenters. The zero-order valence-electron chi connectivity index (χ0n) is 17.8. The number of carbonyl (C=O) groups is 2. The van der Waals surface area contributed by atoms with E-state index in [1.165, 1.54) is 0 Å². The van der Waals surface area contributed by atoms with Gasteiger partial charge in [0.15, 0.2) is 5.78 Å². The second-order valence-electron chi connectivity index (χ2n) is 8.31. The molecule has 5 rings (SSSR count). The third kappa shape index (κ3) is 3.61. The van der Waals surface area contributed by atoms with Crippen molar-refractivity contribution in [1.82, 2.24) is 0 Å². The van der Waals surface area contributed by atoms with Crippen LogP contribution in [0.3, 0.4) is 0 Å². The molecule has 1 amide bonds. The lowest BCUT2D eigenvalue weighted by atomic mass is 9.85. The molecule has 1 atom stereocenters. The predicted molar refractivity (Wildman–Crippen MR) is 128 cm³/mol. The van der Waals surface area contributed by atoms with E-state index in [1.54, 1.807) is 4.90 Å². The fourth-order valence-corrected chi connectivity index (χ4v) is 4.68. The first-order valence-corrected chi connectivity index (χ1v) is 11.2. The van der Waals surface area contributed by atoms with Crippen molar-refractivity contribution in [2.75, 3.05) is 10.2 Å². The highest BCUT2D eigenvalue weighted by Gasteiger charge is 2.39. The van der Waals surface area contributed by atoms with Crippen LogP contribution in [0.15, 0.2) is 84.1 Å². The van der Waals surface area contributed by atoms with Crippen LogP contribution in [0.5, 0.6) is 0 Å². The molecule has 1 heterocycles. The van der Waals surface area contributed by atoms with Crippen LogP contribution < -0.4 is 10.2 Å². The largest absolute Gasteiger partial charge is 0.357 e. The summed E-state index contributed by atoms with van der Waals surface area (Å²) in [5, 5.41) is 4.10. The molecule has 5 heteroatoms. The van der Waals surface area contributed by atoms with Crippen LogP contribution >= 0.6 is 11.6 Å². The lowest BCUT2D eigenvalue weighted by Gasteiger charge is -2.34. The van der Waals surface area contributed by atoms with E-state index in [4.69, 9.17) is 11.6 Å². The Labute approximate surface area is 192 Å². The van der Waals surface area contributed by atoms with Gasteiger partial charge in [-0.25, -0.2) is 0 Å². The van der Waals surface area contributed by atoms with Gasteiger partial charge in [-0.05, 0) is 61.7 Å². The van der Waals surface area contributed by atoms with Crippen LogP contribution in [0, 0.1) is 6.92 Å². The lowest BCUT2D eigenvalue weighted by Crippen LogP contribution is -2.38. The fourth-order valence-electron chi connectivity index (χ4n) is 4.55. The van der Waals surface area contributed by atoms with Crippen LogP contribution in [0.25, 0.3) is 0 Å². The summed E-state index contributed by atoms with van der Waals surface area (Å²) in [6.45, 7) is 1.99. The van der Waals surface area contributed by atoms with Gasteiger partial charge in [-0.15, -0.1) is 0 Å². The van der Waals surface area contributed by atoms with Crippen molar-refractivity contribution < 1.29 is 9.59 Å². The van der Waals surface area contributed by atoms with Gasteiger partial charge < -0.3 is 5.32 Å². The van der Waals surface area contributed by atoms with Crippen molar-refractivity contribution in [3.8, 4) is 0 Å². The Kier molecular flexibility index (Phi) is 5.32. The van der Waals surface area contributed by atoms with E-state index in [0.29, 0.717) is 22.6 Å². The molecule has 160 valence electrons. The summed E-state index contributed by atoms with van der Waals surface area (Å²) >= 11 is 6.17. The third-order valence-corrected chi connectivity index (χ3v) is 6.39. The minimum atomic E-state index is -0.542.